The number of benzene rings is 1. The van der Waals surface area contributed by atoms with Crippen LogP contribution < -0.4 is 4.74 Å². The first kappa shape index (κ1) is 12.2. The summed E-state index contributed by atoms with van der Waals surface area (Å²) in [5, 5.41) is 0. The Kier molecular flexibility index (Phi) is 3.91. The molecule has 0 saturated carbocycles. The van der Waals surface area contributed by atoms with Gasteiger partial charge in [0.2, 0.25) is 0 Å². The van der Waals surface area contributed by atoms with Crippen LogP contribution in [0.5, 0.6) is 5.75 Å². The molecule has 1 aromatic carbocycles. The van der Waals surface area contributed by atoms with Gasteiger partial charge in [-0.25, -0.2) is 0 Å². The van der Waals surface area contributed by atoms with Gasteiger partial charge in [0, 0.05) is 5.56 Å². The number of rotatable bonds is 4. The number of carbonyl (C=O) groups is 1. The number of ether oxygens (including phenoxy) is 1. The van der Waals surface area contributed by atoms with Gasteiger partial charge in [-0.2, -0.15) is 0 Å². The molecule has 0 heterocycles. The van der Waals surface area contributed by atoms with Gasteiger partial charge in [-0.05, 0) is 54.4 Å². The molecule has 0 amide bonds. The lowest BCUT2D eigenvalue weighted by molar-refractivity contribution is 0.104. The van der Waals surface area contributed by atoms with E-state index in [1.165, 1.54) is 0 Å². The molecule has 0 fully saturated rings. The molecule has 0 saturated heterocycles. The van der Waals surface area contributed by atoms with Crippen LogP contribution in [0.25, 0.3) is 0 Å². The van der Waals surface area contributed by atoms with E-state index in [1.54, 1.807) is 12.1 Å². The van der Waals surface area contributed by atoms with Crippen molar-refractivity contribution in [1.82, 2.24) is 0 Å². The van der Waals surface area contributed by atoms with Gasteiger partial charge in [0.15, 0.2) is 0 Å². The number of hydrogen-bond acceptors (Lipinski definition) is 2. The van der Waals surface area contributed by atoms with Gasteiger partial charge in [-0.15, -0.1) is 0 Å². The molecule has 0 unspecified atom stereocenters. The SMILES string of the molecule is CCC(C)(C)Oc1ccc(C=O)cc1Br. The van der Waals surface area contributed by atoms with Crippen LogP contribution in [-0.2, 0) is 0 Å². The van der Waals surface area contributed by atoms with E-state index in [9.17, 15) is 4.79 Å². The van der Waals surface area contributed by atoms with Crippen LogP contribution in [0.3, 0.4) is 0 Å². The van der Waals surface area contributed by atoms with Gasteiger partial charge in [-0.1, -0.05) is 6.92 Å². The summed E-state index contributed by atoms with van der Waals surface area (Å²) in [5.41, 5.74) is 0.453. The lowest BCUT2D eigenvalue weighted by atomic mass is 10.1. The van der Waals surface area contributed by atoms with Crippen LogP contribution in [0.2, 0.25) is 0 Å². The molecule has 3 heteroatoms. The van der Waals surface area contributed by atoms with E-state index in [4.69, 9.17) is 4.74 Å². The quantitative estimate of drug-likeness (QED) is 0.778. The predicted molar refractivity (Wildman–Crippen MR) is 64.5 cm³/mol. The molecular weight excluding hydrogens is 256 g/mol. The maximum atomic E-state index is 10.5. The van der Waals surface area contributed by atoms with Gasteiger partial charge < -0.3 is 4.74 Å². The van der Waals surface area contributed by atoms with Gasteiger partial charge in [0.25, 0.3) is 0 Å². The van der Waals surface area contributed by atoms with Crippen molar-refractivity contribution in [3.63, 3.8) is 0 Å². The summed E-state index contributed by atoms with van der Waals surface area (Å²) in [5.74, 6) is 0.771. The second kappa shape index (κ2) is 4.79. The Hall–Kier alpha value is -0.830. The van der Waals surface area contributed by atoms with E-state index >= 15 is 0 Å². The third kappa shape index (κ3) is 3.34. The highest BCUT2D eigenvalue weighted by molar-refractivity contribution is 9.10. The van der Waals surface area contributed by atoms with E-state index in [2.05, 4.69) is 22.9 Å². The highest BCUT2D eigenvalue weighted by Gasteiger charge is 2.18. The van der Waals surface area contributed by atoms with Crippen LogP contribution in [-0.4, -0.2) is 11.9 Å². The van der Waals surface area contributed by atoms with Gasteiger partial charge >= 0.3 is 0 Å². The summed E-state index contributed by atoms with van der Waals surface area (Å²) in [6, 6.07) is 5.32. The number of carbonyl (C=O) groups excluding carboxylic acids is 1. The molecule has 0 aromatic heterocycles. The average Bonchev–Trinajstić information content (AvgIpc) is 2.21. The van der Waals surface area contributed by atoms with Crippen LogP contribution in [0.15, 0.2) is 22.7 Å². The molecule has 2 nitrogen and oxygen atoms in total. The Morgan fingerprint density at radius 3 is 2.60 bits per heavy atom. The van der Waals surface area contributed by atoms with Crippen LogP contribution in [0.4, 0.5) is 0 Å². The summed E-state index contributed by atoms with van der Waals surface area (Å²) in [7, 11) is 0. The first-order valence-corrected chi connectivity index (χ1v) is 5.71. The van der Waals surface area contributed by atoms with Gasteiger partial charge in [0.05, 0.1) is 4.47 Å². The fourth-order valence-corrected chi connectivity index (χ4v) is 1.52. The third-order valence-corrected chi connectivity index (χ3v) is 2.95. The van der Waals surface area contributed by atoms with Crippen molar-refractivity contribution in [3.05, 3.63) is 28.2 Å². The molecule has 1 rings (SSSR count). The molecule has 1 aromatic rings. The second-order valence-electron chi connectivity index (χ2n) is 4.02. The Labute approximate surface area is 98.8 Å². The molecule has 82 valence electrons. The summed E-state index contributed by atoms with van der Waals surface area (Å²) in [6.07, 6.45) is 1.74. The molecule has 0 aliphatic carbocycles. The van der Waals surface area contributed by atoms with Gasteiger partial charge in [-0.3, -0.25) is 4.79 Å². The first-order valence-electron chi connectivity index (χ1n) is 4.92. The van der Waals surface area contributed by atoms with E-state index < -0.39 is 0 Å². The average molecular weight is 271 g/mol. The van der Waals surface area contributed by atoms with Crippen molar-refractivity contribution in [2.45, 2.75) is 32.8 Å². The third-order valence-electron chi connectivity index (χ3n) is 2.33. The molecule has 15 heavy (non-hydrogen) atoms. The predicted octanol–water partition coefficient (Wildman–Crippen LogP) is 3.83. The Morgan fingerprint density at radius 1 is 1.47 bits per heavy atom. The molecule has 0 atom stereocenters. The lowest BCUT2D eigenvalue weighted by Crippen LogP contribution is -2.26. The number of aldehydes is 1. The highest BCUT2D eigenvalue weighted by Crippen LogP contribution is 2.29. The fraction of sp³-hybridized carbons (Fsp3) is 0.417. The minimum atomic E-state index is -0.189. The highest BCUT2D eigenvalue weighted by atomic mass is 79.9. The Bertz CT molecular complexity index is 359. The number of halogens is 1. The largest absolute Gasteiger partial charge is 0.487 e. The molecule has 0 bridgehead atoms. The van der Waals surface area contributed by atoms with Crippen molar-refractivity contribution in [2.75, 3.05) is 0 Å². The molecule has 0 spiro atoms. The summed E-state index contributed by atoms with van der Waals surface area (Å²) in [6.45, 7) is 6.15. The maximum absolute atomic E-state index is 10.5. The zero-order chi connectivity index (χ0) is 11.5. The van der Waals surface area contributed by atoms with Crippen molar-refractivity contribution in [2.24, 2.45) is 0 Å². The summed E-state index contributed by atoms with van der Waals surface area (Å²) < 4.78 is 6.63. The number of hydrogen-bond donors (Lipinski definition) is 0. The van der Waals surface area contributed by atoms with E-state index in [1.807, 2.05) is 19.9 Å². The Balaban J connectivity index is 2.92. The van der Waals surface area contributed by atoms with Crippen LogP contribution >= 0.6 is 15.9 Å². The molecule has 0 radical (unpaired) electrons. The smallest absolute Gasteiger partial charge is 0.150 e. The molecule has 0 aliphatic rings. The van der Waals surface area contributed by atoms with Crippen molar-refractivity contribution in [3.8, 4) is 5.75 Å². The van der Waals surface area contributed by atoms with Crippen molar-refractivity contribution < 1.29 is 9.53 Å². The first-order chi connectivity index (χ1) is 6.98. The minimum Gasteiger partial charge on any atom is -0.487 e. The zero-order valence-electron chi connectivity index (χ0n) is 9.21. The van der Waals surface area contributed by atoms with Crippen LogP contribution in [0.1, 0.15) is 37.6 Å². The standard InChI is InChI=1S/C12H15BrO2/c1-4-12(2,3)15-11-6-5-9(8-14)7-10(11)13/h5-8H,4H2,1-3H3. The van der Waals surface area contributed by atoms with E-state index in [-0.39, 0.29) is 5.60 Å². The molecular formula is C12H15BrO2. The Morgan fingerprint density at radius 2 is 2.13 bits per heavy atom. The monoisotopic (exact) mass is 270 g/mol. The minimum absolute atomic E-state index is 0.189. The summed E-state index contributed by atoms with van der Waals surface area (Å²) >= 11 is 3.39. The normalized spacial score (nSPS) is 11.2. The topological polar surface area (TPSA) is 26.3 Å². The molecule has 0 N–H and O–H groups in total. The van der Waals surface area contributed by atoms with Gasteiger partial charge in [0.1, 0.15) is 17.6 Å². The second-order valence-corrected chi connectivity index (χ2v) is 4.88. The van der Waals surface area contributed by atoms with E-state index in [0.717, 1.165) is 22.9 Å². The fourth-order valence-electron chi connectivity index (χ4n) is 1.04. The van der Waals surface area contributed by atoms with Crippen molar-refractivity contribution >= 4 is 22.2 Å². The molecule has 0 aliphatic heterocycles. The van der Waals surface area contributed by atoms with Crippen LogP contribution in [0, 0.1) is 0 Å². The zero-order valence-corrected chi connectivity index (χ0v) is 10.8. The van der Waals surface area contributed by atoms with Crippen molar-refractivity contribution in [1.29, 1.82) is 0 Å². The maximum Gasteiger partial charge on any atom is 0.150 e. The van der Waals surface area contributed by atoms with E-state index in [0.29, 0.717) is 5.56 Å². The summed E-state index contributed by atoms with van der Waals surface area (Å²) in [4.78, 5) is 10.5. The lowest BCUT2D eigenvalue weighted by Gasteiger charge is -2.25.